The minimum atomic E-state index is -0.375. The second-order valence-electron chi connectivity index (χ2n) is 8.04. The van der Waals surface area contributed by atoms with E-state index in [-0.39, 0.29) is 5.82 Å². The van der Waals surface area contributed by atoms with Crippen molar-refractivity contribution in [3.8, 4) is 34.1 Å². The van der Waals surface area contributed by atoms with Gasteiger partial charge in [0.15, 0.2) is 5.82 Å². The molecule has 1 fully saturated rings. The molecule has 4 heterocycles. The van der Waals surface area contributed by atoms with Gasteiger partial charge in [0.1, 0.15) is 17.4 Å². The van der Waals surface area contributed by atoms with Crippen molar-refractivity contribution in [2.75, 3.05) is 45.2 Å². The molecule has 5 rings (SSSR count). The van der Waals surface area contributed by atoms with Crippen molar-refractivity contribution in [1.29, 1.82) is 0 Å². The highest BCUT2D eigenvalue weighted by Crippen LogP contribution is 2.32. The van der Waals surface area contributed by atoms with E-state index >= 15 is 0 Å². The average molecular weight is 445 g/mol. The summed E-state index contributed by atoms with van der Waals surface area (Å²) in [7, 11) is 3.66. The third kappa shape index (κ3) is 4.29. The molecule has 33 heavy (non-hydrogen) atoms. The van der Waals surface area contributed by atoms with Gasteiger partial charge in [-0.05, 0) is 43.4 Å². The summed E-state index contributed by atoms with van der Waals surface area (Å²) in [5.74, 6) is 1.76. The van der Waals surface area contributed by atoms with E-state index in [0.29, 0.717) is 22.7 Å². The molecule has 0 amide bonds. The van der Waals surface area contributed by atoms with E-state index in [1.54, 1.807) is 29.1 Å². The van der Waals surface area contributed by atoms with Gasteiger partial charge in [-0.1, -0.05) is 18.2 Å². The minimum Gasteiger partial charge on any atom is -0.496 e. The molecule has 0 unspecified atom stereocenters. The fourth-order valence-corrected chi connectivity index (χ4v) is 3.99. The maximum Gasteiger partial charge on any atom is 0.155 e. The molecule has 7 nitrogen and oxygen atoms in total. The normalized spacial score (nSPS) is 14.5. The molecule has 0 saturated carbocycles. The molecule has 1 aliphatic rings. The highest BCUT2D eigenvalue weighted by molar-refractivity contribution is 5.71. The first-order chi connectivity index (χ1) is 16.1. The molecule has 4 aromatic rings. The van der Waals surface area contributed by atoms with Crippen LogP contribution in [-0.2, 0) is 0 Å². The van der Waals surface area contributed by atoms with Crippen LogP contribution in [0.3, 0.4) is 0 Å². The Morgan fingerprint density at radius 2 is 1.58 bits per heavy atom. The molecule has 0 aliphatic carbocycles. The highest BCUT2D eigenvalue weighted by Gasteiger charge is 2.17. The molecular weight excluding hydrogens is 419 g/mol. The topological polar surface area (TPSA) is 59.3 Å². The van der Waals surface area contributed by atoms with E-state index in [1.165, 1.54) is 13.2 Å². The Hall–Kier alpha value is -3.78. The first-order valence-corrected chi connectivity index (χ1v) is 10.9. The van der Waals surface area contributed by atoms with Gasteiger partial charge in [0.25, 0.3) is 0 Å². The third-order valence-electron chi connectivity index (χ3n) is 5.86. The van der Waals surface area contributed by atoms with Gasteiger partial charge in [-0.2, -0.15) is 5.10 Å². The van der Waals surface area contributed by atoms with Crippen LogP contribution in [-0.4, -0.2) is 65.0 Å². The second kappa shape index (κ2) is 8.99. The summed E-state index contributed by atoms with van der Waals surface area (Å²) in [5.41, 5.74) is 2.36. The predicted molar refractivity (Wildman–Crippen MR) is 126 cm³/mol. The van der Waals surface area contributed by atoms with Gasteiger partial charge in [-0.15, -0.1) is 0 Å². The smallest absolute Gasteiger partial charge is 0.155 e. The number of anilines is 1. The lowest BCUT2D eigenvalue weighted by atomic mass is 10.1. The van der Waals surface area contributed by atoms with E-state index in [4.69, 9.17) is 9.72 Å². The first-order valence-electron chi connectivity index (χ1n) is 10.9. The predicted octanol–water partition coefficient (Wildman–Crippen LogP) is 3.90. The van der Waals surface area contributed by atoms with Crippen molar-refractivity contribution >= 4 is 5.82 Å². The number of piperazine rings is 1. The van der Waals surface area contributed by atoms with Crippen LogP contribution in [0.25, 0.3) is 28.3 Å². The molecule has 0 radical (unpaired) electrons. The number of aromatic nitrogens is 4. The molecule has 168 valence electrons. The van der Waals surface area contributed by atoms with Crippen molar-refractivity contribution in [2.24, 2.45) is 0 Å². The van der Waals surface area contributed by atoms with Crippen LogP contribution in [0.1, 0.15) is 0 Å². The van der Waals surface area contributed by atoms with E-state index < -0.39 is 0 Å². The molecule has 0 bridgehead atoms. The second-order valence-corrected chi connectivity index (χ2v) is 8.04. The summed E-state index contributed by atoms with van der Waals surface area (Å²) in [6.45, 7) is 3.94. The maximum atomic E-state index is 14.5. The van der Waals surface area contributed by atoms with Crippen LogP contribution in [0.2, 0.25) is 0 Å². The van der Waals surface area contributed by atoms with E-state index in [1.807, 2.05) is 36.5 Å². The molecule has 1 aliphatic heterocycles. The Kier molecular flexibility index (Phi) is 5.75. The monoisotopic (exact) mass is 444 g/mol. The standard InChI is InChI=1S/C25H25FN6O/c1-30-12-14-31(15-13-30)23-10-5-11-24(29-23)32-17-18(16-27-32)20-7-4-8-21(28-20)25-19(26)6-3-9-22(25)33-2/h3-11,16-17H,12-15H2,1-2H3. The van der Waals surface area contributed by atoms with Gasteiger partial charge in [-0.3, -0.25) is 0 Å². The van der Waals surface area contributed by atoms with Crippen LogP contribution in [0.4, 0.5) is 10.2 Å². The average Bonchev–Trinajstić information content (AvgIpc) is 3.35. The fourth-order valence-electron chi connectivity index (χ4n) is 3.99. The summed E-state index contributed by atoms with van der Waals surface area (Å²) in [6.07, 6.45) is 3.63. The lowest BCUT2D eigenvalue weighted by Gasteiger charge is -2.33. The number of hydrogen-bond donors (Lipinski definition) is 0. The Balaban J connectivity index is 1.43. The molecule has 8 heteroatoms. The number of likely N-dealkylation sites (N-methyl/N-ethyl adjacent to an activating group) is 1. The molecule has 1 aromatic carbocycles. The van der Waals surface area contributed by atoms with Crippen molar-refractivity contribution in [3.63, 3.8) is 0 Å². The number of methoxy groups -OCH3 is 1. The van der Waals surface area contributed by atoms with Crippen molar-refractivity contribution < 1.29 is 9.13 Å². The Morgan fingerprint density at radius 1 is 0.848 bits per heavy atom. The number of pyridine rings is 2. The van der Waals surface area contributed by atoms with Crippen molar-refractivity contribution in [1.82, 2.24) is 24.6 Å². The summed E-state index contributed by atoms with van der Waals surface area (Å²) in [6, 6.07) is 16.2. The number of ether oxygens (including phenoxy) is 1. The van der Waals surface area contributed by atoms with Crippen LogP contribution in [0.15, 0.2) is 67.0 Å². The Bertz CT molecular complexity index is 1270. The van der Waals surface area contributed by atoms with E-state index in [0.717, 1.165) is 43.4 Å². The lowest BCUT2D eigenvalue weighted by Crippen LogP contribution is -2.44. The van der Waals surface area contributed by atoms with E-state index in [2.05, 4.69) is 26.9 Å². The minimum absolute atomic E-state index is 0.343. The van der Waals surface area contributed by atoms with Crippen molar-refractivity contribution in [2.45, 2.75) is 0 Å². The van der Waals surface area contributed by atoms with Crippen LogP contribution in [0, 0.1) is 5.82 Å². The van der Waals surface area contributed by atoms with Gasteiger partial charge in [0.05, 0.1) is 30.3 Å². The number of nitrogens with zero attached hydrogens (tertiary/aromatic N) is 6. The van der Waals surface area contributed by atoms with Gasteiger partial charge < -0.3 is 14.5 Å². The molecule has 0 N–H and O–H groups in total. The molecule has 1 saturated heterocycles. The summed E-state index contributed by atoms with van der Waals surface area (Å²) in [5, 5.41) is 4.50. The molecule has 3 aromatic heterocycles. The van der Waals surface area contributed by atoms with Gasteiger partial charge in [-0.25, -0.2) is 19.0 Å². The summed E-state index contributed by atoms with van der Waals surface area (Å²) < 4.78 is 21.6. The largest absolute Gasteiger partial charge is 0.496 e. The van der Waals surface area contributed by atoms with Crippen LogP contribution < -0.4 is 9.64 Å². The number of halogens is 1. The van der Waals surface area contributed by atoms with Gasteiger partial charge >= 0.3 is 0 Å². The lowest BCUT2D eigenvalue weighted by molar-refractivity contribution is 0.312. The number of benzene rings is 1. The first kappa shape index (κ1) is 21.1. The molecule has 0 atom stereocenters. The zero-order valence-corrected chi connectivity index (χ0v) is 18.6. The molecular formula is C25H25FN6O. The quantitative estimate of drug-likeness (QED) is 0.465. The third-order valence-corrected chi connectivity index (χ3v) is 5.86. The van der Waals surface area contributed by atoms with Crippen LogP contribution >= 0.6 is 0 Å². The number of rotatable bonds is 5. The number of hydrogen-bond acceptors (Lipinski definition) is 6. The summed E-state index contributed by atoms with van der Waals surface area (Å²) >= 11 is 0. The molecule has 0 spiro atoms. The zero-order chi connectivity index (χ0) is 22.8. The Labute approximate surface area is 192 Å². The SMILES string of the molecule is COc1cccc(F)c1-c1cccc(-c2cnn(-c3cccc(N4CCN(C)CC4)n3)c2)n1. The Morgan fingerprint density at radius 3 is 2.39 bits per heavy atom. The van der Waals surface area contributed by atoms with Gasteiger partial charge in [0, 0.05) is 37.9 Å². The van der Waals surface area contributed by atoms with Crippen molar-refractivity contribution in [3.05, 3.63) is 72.8 Å². The van der Waals surface area contributed by atoms with E-state index in [9.17, 15) is 4.39 Å². The highest BCUT2D eigenvalue weighted by atomic mass is 19.1. The maximum absolute atomic E-state index is 14.5. The fraction of sp³-hybridized carbons (Fsp3) is 0.240. The zero-order valence-electron chi connectivity index (χ0n) is 18.6. The van der Waals surface area contributed by atoms with Crippen LogP contribution in [0.5, 0.6) is 5.75 Å². The summed E-state index contributed by atoms with van der Waals surface area (Å²) in [4.78, 5) is 14.1. The van der Waals surface area contributed by atoms with Gasteiger partial charge in [0.2, 0.25) is 0 Å².